The van der Waals surface area contributed by atoms with Crippen molar-refractivity contribution < 1.29 is 4.74 Å². The molecule has 0 amide bonds. The van der Waals surface area contributed by atoms with E-state index >= 15 is 0 Å². The van der Waals surface area contributed by atoms with Gasteiger partial charge >= 0.3 is 0 Å². The summed E-state index contributed by atoms with van der Waals surface area (Å²) in [6, 6.07) is 4.10. The monoisotopic (exact) mass is 256 g/mol. The van der Waals surface area contributed by atoms with E-state index < -0.39 is 0 Å². The molecule has 1 N–H and O–H groups in total. The summed E-state index contributed by atoms with van der Waals surface area (Å²) in [7, 11) is 0. The van der Waals surface area contributed by atoms with Gasteiger partial charge in [-0.05, 0) is 18.9 Å². The van der Waals surface area contributed by atoms with Crippen molar-refractivity contribution >= 4 is 12.4 Å². The van der Waals surface area contributed by atoms with Crippen LogP contribution in [-0.2, 0) is 6.54 Å². The lowest BCUT2D eigenvalue weighted by atomic mass is 9.98. The predicted octanol–water partition coefficient (Wildman–Crippen LogP) is 2.89. The first-order valence-electron chi connectivity index (χ1n) is 6.08. The van der Waals surface area contributed by atoms with Crippen molar-refractivity contribution in [3.8, 4) is 5.88 Å². The zero-order valence-electron chi connectivity index (χ0n) is 10.7. The van der Waals surface area contributed by atoms with Crippen molar-refractivity contribution in [2.45, 2.75) is 45.8 Å². The number of aromatic nitrogens is 1. The highest BCUT2D eigenvalue weighted by Gasteiger charge is 2.18. The van der Waals surface area contributed by atoms with Crippen molar-refractivity contribution in [3.63, 3.8) is 0 Å². The Labute approximate surface area is 109 Å². The van der Waals surface area contributed by atoms with Crippen LogP contribution in [0.1, 0.15) is 44.4 Å². The zero-order chi connectivity index (χ0) is 11.5. The third-order valence-electron chi connectivity index (χ3n) is 3.12. The lowest BCUT2D eigenvalue weighted by Crippen LogP contribution is -2.27. The lowest BCUT2D eigenvalue weighted by Gasteiger charge is -2.23. The van der Waals surface area contributed by atoms with Crippen molar-refractivity contribution in [1.82, 2.24) is 10.3 Å². The molecule has 0 saturated heterocycles. The van der Waals surface area contributed by atoms with Crippen LogP contribution >= 0.6 is 12.4 Å². The quantitative estimate of drug-likeness (QED) is 0.903. The van der Waals surface area contributed by atoms with E-state index in [1.54, 1.807) is 0 Å². The molecular formula is C13H21ClN2O. The molecule has 0 bridgehead atoms. The van der Waals surface area contributed by atoms with E-state index in [0.717, 1.165) is 25.4 Å². The number of nitrogens with zero attached hydrogens (tertiary/aromatic N) is 1. The minimum atomic E-state index is 0. The van der Waals surface area contributed by atoms with Crippen LogP contribution in [0, 0.1) is 0 Å². The van der Waals surface area contributed by atoms with Crippen LogP contribution in [0.5, 0.6) is 5.88 Å². The maximum Gasteiger partial charge on any atom is 0.213 e. The van der Waals surface area contributed by atoms with Crippen LogP contribution in [0.25, 0.3) is 0 Å². The lowest BCUT2D eigenvalue weighted by molar-refractivity contribution is 0.207. The normalized spacial score (nSPS) is 20.1. The van der Waals surface area contributed by atoms with Gasteiger partial charge in [-0.3, -0.25) is 0 Å². The second kappa shape index (κ2) is 6.22. The molecule has 3 nitrogen and oxygen atoms in total. The van der Waals surface area contributed by atoms with Gasteiger partial charge in [-0.1, -0.05) is 19.9 Å². The van der Waals surface area contributed by atoms with E-state index in [4.69, 9.17) is 4.74 Å². The number of halogens is 1. The molecular weight excluding hydrogens is 236 g/mol. The Balaban J connectivity index is 0.00000144. The SMILES string of the molecule is CC[C@H](C)Oc1ccc2c(n1)C(C)CNC2.Cl. The van der Waals surface area contributed by atoms with Gasteiger partial charge in [-0.25, -0.2) is 4.98 Å². The largest absolute Gasteiger partial charge is 0.475 e. The molecule has 0 radical (unpaired) electrons. The third-order valence-corrected chi connectivity index (χ3v) is 3.12. The average molecular weight is 257 g/mol. The fourth-order valence-electron chi connectivity index (χ4n) is 1.94. The molecule has 1 aliphatic heterocycles. The second-order valence-corrected chi connectivity index (χ2v) is 4.56. The third kappa shape index (κ3) is 3.33. The highest BCUT2D eigenvalue weighted by atomic mass is 35.5. The van der Waals surface area contributed by atoms with E-state index in [2.05, 4.69) is 37.1 Å². The standard InChI is InChI=1S/C13H20N2O.ClH/c1-4-10(3)16-12-6-5-11-8-14-7-9(2)13(11)15-12;/h5-6,9-10,14H,4,7-8H2,1-3H3;1H/t9?,10-;/m0./s1. The number of ether oxygens (including phenoxy) is 1. The summed E-state index contributed by atoms with van der Waals surface area (Å²) in [5, 5.41) is 3.38. The Morgan fingerprint density at radius 3 is 3.00 bits per heavy atom. The van der Waals surface area contributed by atoms with Crippen molar-refractivity contribution in [2.75, 3.05) is 6.54 Å². The Kier molecular flexibility index (Phi) is 5.22. The predicted molar refractivity (Wildman–Crippen MR) is 72.0 cm³/mol. The van der Waals surface area contributed by atoms with E-state index in [1.165, 1.54) is 11.3 Å². The summed E-state index contributed by atoms with van der Waals surface area (Å²) in [5.74, 6) is 1.24. The van der Waals surface area contributed by atoms with Crippen LogP contribution in [0.2, 0.25) is 0 Å². The van der Waals surface area contributed by atoms with Crippen LogP contribution in [-0.4, -0.2) is 17.6 Å². The molecule has 2 heterocycles. The molecule has 4 heteroatoms. The average Bonchev–Trinajstić information content (AvgIpc) is 2.30. The molecule has 1 aromatic rings. The van der Waals surface area contributed by atoms with Gasteiger partial charge in [0.2, 0.25) is 5.88 Å². The molecule has 0 aliphatic carbocycles. The van der Waals surface area contributed by atoms with Crippen LogP contribution in [0.3, 0.4) is 0 Å². The molecule has 0 saturated carbocycles. The first kappa shape index (κ1) is 14.3. The Hall–Kier alpha value is -0.800. The maximum absolute atomic E-state index is 5.75. The van der Waals surface area contributed by atoms with Gasteiger partial charge < -0.3 is 10.1 Å². The second-order valence-electron chi connectivity index (χ2n) is 4.56. The molecule has 2 rings (SSSR count). The minimum Gasteiger partial charge on any atom is -0.475 e. The summed E-state index contributed by atoms with van der Waals surface area (Å²) in [6.07, 6.45) is 1.25. The molecule has 2 atom stereocenters. The van der Waals surface area contributed by atoms with Crippen molar-refractivity contribution in [3.05, 3.63) is 23.4 Å². The molecule has 0 spiro atoms. The van der Waals surface area contributed by atoms with Crippen LogP contribution < -0.4 is 10.1 Å². The van der Waals surface area contributed by atoms with E-state index in [-0.39, 0.29) is 18.5 Å². The fourth-order valence-corrected chi connectivity index (χ4v) is 1.94. The minimum absolute atomic E-state index is 0. The van der Waals surface area contributed by atoms with Gasteiger partial charge in [0, 0.05) is 25.1 Å². The molecule has 17 heavy (non-hydrogen) atoms. The fraction of sp³-hybridized carbons (Fsp3) is 0.615. The summed E-state index contributed by atoms with van der Waals surface area (Å²) < 4.78 is 5.75. The smallest absolute Gasteiger partial charge is 0.213 e. The Bertz CT molecular complexity index is 370. The summed E-state index contributed by atoms with van der Waals surface area (Å²) in [5.41, 5.74) is 2.50. The van der Waals surface area contributed by atoms with Gasteiger partial charge in [-0.2, -0.15) is 0 Å². The first-order valence-corrected chi connectivity index (χ1v) is 6.08. The number of fused-ring (bicyclic) bond motifs is 1. The van der Waals surface area contributed by atoms with Crippen LogP contribution in [0.4, 0.5) is 0 Å². The first-order chi connectivity index (χ1) is 7.70. The van der Waals surface area contributed by atoms with Crippen molar-refractivity contribution in [2.24, 2.45) is 0 Å². The van der Waals surface area contributed by atoms with Crippen molar-refractivity contribution in [1.29, 1.82) is 0 Å². The molecule has 1 unspecified atom stereocenters. The van der Waals surface area contributed by atoms with Gasteiger partial charge in [0.15, 0.2) is 0 Å². The molecule has 1 aromatic heterocycles. The maximum atomic E-state index is 5.75. The topological polar surface area (TPSA) is 34.1 Å². The van der Waals surface area contributed by atoms with Crippen LogP contribution in [0.15, 0.2) is 12.1 Å². The number of hydrogen-bond donors (Lipinski definition) is 1. The number of nitrogens with one attached hydrogen (secondary N) is 1. The van der Waals surface area contributed by atoms with Gasteiger partial charge in [0.25, 0.3) is 0 Å². The Morgan fingerprint density at radius 2 is 2.29 bits per heavy atom. The summed E-state index contributed by atoms with van der Waals surface area (Å²) in [4.78, 5) is 4.62. The molecule has 0 aromatic carbocycles. The van der Waals surface area contributed by atoms with E-state index in [9.17, 15) is 0 Å². The highest BCUT2D eigenvalue weighted by molar-refractivity contribution is 5.85. The summed E-state index contributed by atoms with van der Waals surface area (Å²) in [6.45, 7) is 8.33. The van der Waals surface area contributed by atoms with Gasteiger partial charge in [0.1, 0.15) is 0 Å². The molecule has 96 valence electrons. The number of hydrogen-bond acceptors (Lipinski definition) is 3. The van der Waals surface area contributed by atoms with E-state index in [0.29, 0.717) is 5.92 Å². The molecule has 1 aliphatic rings. The highest BCUT2D eigenvalue weighted by Crippen LogP contribution is 2.24. The number of pyridine rings is 1. The number of rotatable bonds is 3. The van der Waals surface area contributed by atoms with Gasteiger partial charge in [-0.15, -0.1) is 12.4 Å². The Morgan fingerprint density at radius 1 is 1.53 bits per heavy atom. The molecule has 0 fully saturated rings. The van der Waals surface area contributed by atoms with Gasteiger partial charge in [0.05, 0.1) is 11.8 Å². The summed E-state index contributed by atoms with van der Waals surface area (Å²) >= 11 is 0. The van der Waals surface area contributed by atoms with E-state index in [1.807, 2.05) is 6.07 Å². The zero-order valence-corrected chi connectivity index (χ0v) is 11.5.